The molecule has 0 unspecified atom stereocenters. The average Bonchev–Trinajstić information content (AvgIpc) is 2.85. The molecule has 3 aromatic heterocycles. The summed E-state index contributed by atoms with van der Waals surface area (Å²) in [5.41, 5.74) is 4.43. The number of nitrogens with zero attached hydrogens (tertiary/aromatic N) is 5. The molecule has 114 valence electrons. The number of aryl methyl sites for hydroxylation is 4. The van der Waals surface area contributed by atoms with E-state index in [1.807, 2.05) is 56.7 Å². The van der Waals surface area contributed by atoms with Crippen molar-refractivity contribution in [1.82, 2.24) is 24.5 Å². The van der Waals surface area contributed by atoms with E-state index < -0.39 is 0 Å². The molecule has 0 fully saturated rings. The van der Waals surface area contributed by atoms with Crippen molar-refractivity contribution >= 4 is 0 Å². The van der Waals surface area contributed by atoms with Gasteiger partial charge in [-0.3, -0.25) is 9.55 Å². The molecule has 0 spiro atoms. The molecule has 0 atom stereocenters. The molecule has 0 amide bonds. The minimum absolute atomic E-state index is 0.625. The van der Waals surface area contributed by atoms with Crippen LogP contribution in [0.4, 0.5) is 0 Å². The van der Waals surface area contributed by atoms with Gasteiger partial charge in [0.1, 0.15) is 11.5 Å². The lowest BCUT2D eigenvalue weighted by atomic mass is 10.2. The summed E-state index contributed by atoms with van der Waals surface area (Å²) in [4.78, 5) is 17.6. The second-order valence-corrected chi connectivity index (χ2v) is 5.43. The largest absolute Gasteiger partial charge is 0.271 e. The fourth-order valence-corrected chi connectivity index (χ4v) is 2.31. The van der Waals surface area contributed by atoms with E-state index in [9.17, 15) is 0 Å². The van der Waals surface area contributed by atoms with Crippen LogP contribution in [0.2, 0.25) is 0 Å². The summed E-state index contributed by atoms with van der Waals surface area (Å²) in [6, 6.07) is 5.78. The third-order valence-electron chi connectivity index (χ3n) is 3.30. The maximum atomic E-state index is 4.48. The van der Waals surface area contributed by atoms with Gasteiger partial charge in [-0.25, -0.2) is 15.0 Å². The summed E-state index contributed by atoms with van der Waals surface area (Å²) in [6.45, 7) is 7.78. The second-order valence-electron chi connectivity index (χ2n) is 5.43. The van der Waals surface area contributed by atoms with Crippen molar-refractivity contribution in [2.75, 3.05) is 0 Å². The Hall–Kier alpha value is -3.00. The van der Waals surface area contributed by atoms with Gasteiger partial charge in [-0.05, 0) is 51.8 Å². The van der Waals surface area contributed by atoms with E-state index in [1.165, 1.54) is 0 Å². The minimum Gasteiger partial charge on any atom is -0.271 e. The van der Waals surface area contributed by atoms with Crippen LogP contribution in [-0.2, 0) is 0 Å². The van der Waals surface area contributed by atoms with Gasteiger partial charge in [-0.2, -0.15) is 0 Å². The Kier molecular flexibility index (Phi) is 3.90. The molecule has 0 saturated heterocycles. The fourth-order valence-electron chi connectivity index (χ4n) is 2.31. The van der Waals surface area contributed by atoms with E-state index in [0.29, 0.717) is 11.6 Å². The molecule has 5 heteroatoms. The molecule has 23 heavy (non-hydrogen) atoms. The third-order valence-corrected chi connectivity index (χ3v) is 3.30. The van der Waals surface area contributed by atoms with E-state index in [4.69, 9.17) is 0 Å². The van der Waals surface area contributed by atoms with Gasteiger partial charge >= 0.3 is 0 Å². The summed E-state index contributed by atoms with van der Waals surface area (Å²) >= 11 is 0. The molecular weight excluding hydrogens is 286 g/mol. The van der Waals surface area contributed by atoms with Gasteiger partial charge in [0.05, 0.1) is 0 Å². The van der Waals surface area contributed by atoms with E-state index in [-0.39, 0.29) is 0 Å². The molecule has 0 aliphatic carbocycles. The summed E-state index contributed by atoms with van der Waals surface area (Å²) in [5.74, 6) is 7.63. The molecule has 0 aliphatic heterocycles. The lowest BCUT2D eigenvalue weighted by Gasteiger charge is -2.04. The molecule has 0 N–H and O–H groups in total. The molecule has 0 saturated carbocycles. The molecule has 3 aromatic rings. The lowest BCUT2D eigenvalue weighted by Crippen LogP contribution is -2.04. The van der Waals surface area contributed by atoms with Gasteiger partial charge in [-0.15, -0.1) is 0 Å². The van der Waals surface area contributed by atoms with E-state index in [1.54, 1.807) is 6.20 Å². The smallest absolute Gasteiger partial charge is 0.235 e. The van der Waals surface area contributed by atoms with Crippen LogP contribution in [0.25, 0.3) is 5.95 Å². The van der Waals surface area contributed by atoms with Crippen LogP contribution in [0.1, 0.15) is 34.2 Å². The zero-order valence-corrected chi connectivity index (χ0v) is 13.6. The third kappa shape index (κ3) is 3.43. The van der Waals surface area contributed by atoms with Crippen LogP contribution < -0.4 is 0 Å². The first-order valence-electron chi connectivity index (χ1n) is 7.34. The highest BCUT2D eigenvalue weighted by atomic mass is 15.2. The Morgan fingerprint density at radius 3 is 2.30 bits per heavy atom. The fraction of sp³-hybridized carbons (Fsp3) is 0.222. The SMILES string of the molecule is Cc1cc(C#Cc2cn(-c3nc(C)cc(C)n3)c(C)n2)ccn1. The van der Waals surface area contributed by atoms with Gasteiger partial charge in [0.25, 0.3) is 0 Å². The molecule has 0 radical (unpaired) electrons. The number of rotatable bonds is 1. The first-order valence-corrected chi connectivity index (χ1v) is 7.34. The number of hydrogen-bond donors (Lipinski definition) is 0. The Morgan fingerprint density at radius 1 is 0.870 bits per heavy atom. The van der Waals surface area contributed by atoms with Crippen LogP contribution >= 0.6 is 0 Å². The monoisotopic (exact) mass is 303 g/mol. The van der Waals surface area contributed by atoms with Crippen molar-refractivity contribution in [1.29, 1.82) is 0 Å². The van der Waals surface area contributed by atoms with Crippen LogP contribution in [0.15, 0.2) is 30.6 Å². The molecule has 5 nitrogen and oxygen atoms in total. The highest BCUT2D eigenvalue weighted by Gasteiger charge is 2.08. The quantitative estimate of drug-likeness (QED) is 0.649. The summed E-state index contributed by atoms with van der Waals surface area (Å²) in [6.07, 6.45) is 3.62. The van der Waals surface area contributed by atoms with Gasteiger partial charge in [0.15, 0.2) is 0 Å². The van der Waals surface area contributed by atoms with Crippen LogP contribution in [0.5, 0.6) is 0 Å². The van der Waals surface area contributed by atoms with E-state index in [0.717, 1.165) is 28.5 Å². The molecule has 0 bridgehead atoms. The molecular formula is C18H17N5. The van der Waals surface area contributed by atoms with Crippen molar-refractivity contribution in [3.63, 3.8) is 0 Å². The number of aromatic nitrogens is 5. The summed E-state index contributed by atoms with van der Waals surface area (Å²) in [7, 11) is 0. The van der Waals surface area contributed by atoms with Gasteiger partial charge in [0.2, 0.25) is 5.95 Å². The van der Waals surface area contributed by atoms with Gasteiger partial charge in [0, 0.05) is 35.0 Å². The lowest BCUT2D eigenvalue weighted by molar-refractivity contribution is 0.860. The minimum atomic E-state index is 0.625. The number of imidazole rings is 1. The molecule has 0 aliphatic rings. The van der Waals surface area contributed by atoms with Crippen molar-refractivity contribution < 1.29 is 0 Å². The normalized spacial score (nSPS) is 10.3. The maximum absolute atomic E-state index is 4.48. The van der Waals surface area contributed by atoms with Crippen LogP contribution in [0.3, 0.4) is 0 Å². The molecule has 0 aromatic carbocycles. The van der Waals surface area contributed by atoms with Gasteiger partial charge in [-0.1, -0.05) is 5.92 Å². The predicted octanol–water partition coefficient (Wildman–Crippen LogP) is 2.69. The Morgan fingerprint density at radius 2 is 1.61 bits per heavy atom. The van der Waals surface area contributed by atoms with Crippen molar-refractivity contribution in [3.05, 3.63) is 64.8 Å². The number of hydrogen-bond acceptors (Lipinski definition) is 4. The first-order chi connectivity index (χ1) is 11.0. The zero-order chi connectivity index (χ0) is 16.4. The second kappa shape index (κ2) is 6.01. The predicted molar refractivity (Wildman–Crippen MR) is 88.3 cm³/mol. The highest BCUT2D eigenvalue weighted by Crippen LogP contribution is 2.10. The highest BCUT2D eigenvalue weighted by molar-refractivity contribution is 5.40. The Labute approximate surface area is 135 Å². The van der Waals surface area contributed by atoms with Crippen molar-refractivity contribution in [2.24, 2.45) is 0 Å². The summed E-state index contributed by atoms with van der Waals surface area (Å²) in [5, 5.41) is 0. The van der Waals surface area contributed by atoms with Crippen molar-refractivity contribution in [2.45, 2.75) is 27.7 Å². The average molecular weight is 303 g/mol. The Balaban J connectivity index is 1.96. The maximum Gasteiger partial charge on any atom is 0.235 e. The van der Waals surface area contributed by atoms with Crippen LogP contribution in [-0.4, -0.2) is 24.5 Å². The molecule has 3 rings (SSSR count). The van der Waals surface area contributed by atoms with E-state index >= 15 is 0 Å². The molecule has 3 heterocycles. The topological polar surface area (TPSA) is 56.5 Å². The van der Waals surface area contributed by atoms with Gasteiger partial charge < -0.3 is 0 Å². The first kappa shape index (κ1) is 14.9. The number of pyridine rings is 1. The standard InChI is InChI=1S/C18H17N5/c1-12-10-16(7-8-19-12)5-6-17-11-23(15(4)22-17)18-20-13(2)9-14(3)21-18/h7-11H,1-4H3. The zero-order valence-electron chi connectivity index (χ0n) is 13.6. The Bertz CT molecular complexity index is 908. The van der Waals surface area contributed by atoms with E-state index in [2.05, 4.69) is 31.8 Å². The summed E-state index contributed by atoms with van der Waals surface area (Å²) < 4.78 is 1.86. The van der Waals surface area contributed by atoms with Crippen molar-refractivity contribution in [3.8, 4) is 17.8 Å². The van der Waals surface area contributed by atoms with Crippen LogP contribution in [0, 0.1) is 39.5 Å².